The highest BCUT2D eigenvalue weighted by Gasteiger charge is 2.37. The Labute approximate surface area is 171 Å². The summed E-state index contributed by atoms with van der Waals surface area (Å²) < 4.78 is 5.20. The molecule has 29 heavy (non-hydrogen) atoms. The van der Waals surface area contributed by atoms with Crippen LogP contribution in [0.25, 0.3) is 0 Å². The van der Waals surface area contributed by atoms with Gasteiger partial charge in [0, 0.05) is 5.69 Å². The molecule has 1 heterocycles. The highest BCUT2D eigenvalue weighted by atomic mass is 35.5. The Morgan fingerprint density at radius 1 is 0.931 bits per heavy atom. The van der Waals surface area contributed by atoms with E-state index in [0.29, 0.717) is 28.1 Å². The molecule has 0 aromatic heterocycles. The van der Waals surface area contributed by atoms with Gasteiger partial charge in [0.15, 0.2) is 0 Å². The number of fused-ring (bicyclic) bond motifs is 1. The van der Waals surface area contributed by atoms with Crippen molar-refractivity contribution in [3.8, 4) is 5.75 Å². The van der Waals surface area contributed by atoms with E-state index in [4.69, 9.17) is 16.3 Å². The van der Waals surface area contributed by atoms with Crippen LogP contribution >= 0.6 is 11.6 Å². The summed E-state index contributed by atoms with van der Waals surface area (Å²) >= 11 is 6.35. The number of benzene rings is 3. The van der Waals surface area contributed by atoms with E-state index in [1.165, 1.54) is 19.2 Å². The predicted octanol–water partition coefficient (Wildman–Crippen LogP) is 4.40. The van der Waals surface area contributed by atoms with Crippen LogP contribution in [0.2, 0.25) is 5.02 Å². The van der Waals surface area contributed by atoms with Gasteiger partial charge in [-0.3, -0.25) is 14.4 Å². The number of amides is 3. The van der Waals surface area contributed by atoms with Gasteiger partial charge in [0.2, 0.25) is 0 Å². The molecule has 0 saturated heterocycles. The molecule has 3 aromatic rings. The van der Waals surface area contributed by atoms with E-state index in [2.05, 4.69) is 5.32 Å². The number of nitrogens with one attached hydrogen (secondary N) is 1. The van der Waals surface area contributed by atoms with Crippen molar-refractivity contribution in [2.24, 2.45) is 0 Å². The van der Waals surface area contributed by atoms with Crippen molar-refractivity contribution in [3.05, 3.63) is 88.4 Å². The third-order valence-electron chi connectivity index (χ3n) is 4.59. The first-order valence-electron chi connectivity index (χ1n) is 8.73. The summed E-state index contributed by atoms with van der Waals surface area (Å²) in [5.74, 6) is -0.789. The zero-order chi connectivity index (χ0) is 20.5. The number of carbonyl (C=O) groups excluding carboxylic acids is 3. The Kier molecular flexibility index (Phi) is 4.78. The molecule has 1 aliphatic rings. The van der Waals surface area contributed by atoms with E-state index >= 15 is 0 Å². The van der Waals surface area contributed by atoms with Crippen LogP contribution in [0.15, 0.2) is 66.7 Å². The van der Waals surface area contributed by atoms with Gasteiger partial charge in [-0.1, -0.05) is 35.9 Å². The number of para-hydroxylation sites is 1. The summed E-state index contributed by atoms with van der Waals surface area (Å²) in [6.45, 7) is 0. The molecule has 7 heteroatoms. The molecule has 0 spiro atoms. The molecule has 0 bridgehead atoms. The Morgan fingerprint density at radius 3 is 2.17 bits per heavy atom. The van der Waals surface area contributed by atoms with Crippen molar-refractivity contribution in [2.45, 2.75) is 0 Å². The van der Waals surface area contributed by atoms with Gasteiger partial charge in [-0.15, -0.1) is 0 Å². The lowest BCUT2D eigenvalue weighted by atomic mass is 10.1. The summed E-state index contributed by atoms with van der Waals surface area (Å²) in [5, 5.41) is 2.90. The molecule has 4 rings (SSSR count). The van der Waals surface area contributed by atoms with E-state index < -0.39 is 11.8 Å². The number of imide groups is 1. The molecule has 0 atom stereocenters. The van der Waals surface area contributed by atoms with Gasteiger partial charge in [0.05, 0.1) is 34.5 Å². The molecular weight excluding hydrogens is 392 g/mol. The number of ether oxygens (including phenoxy) is 1. The van der Waals surface area contributed by atoms with Crippen LogP contribution in [0, 0.1) is 0 Å². The molecule has 0 radical (unpaired) electrons. The topological polar surface area (TPSA) is 75.7 Å². The van der Waals surface area contributed by atoms with Gasteiger partial charge >= 0.3 is 0 Å². The molecule has 3 aromatic carbocycles. The number of methoxy groups -OCH3 is 1. The smallest absolute Gasteiger partial charge is 0.266 e. The first-order chi connectivity index (χ1) is 14.0. The number of anilines is 2. The first kappa shape index (κ1) is 18.7. The van der Waals surface area contributed by atoms with E-state index in [0.717, 1.165) is 4.90 Å². The fourth-order valence-corrected chi connectivity index (χ4v) is 3.47. The number of carbonyl (C=O) groups is 3. The maximum Gasteiger partial charge on any atom is 0.266 e. The Balaban J connectivity index is 1.60. The first-order valence-corrected chi connectivity index (χ1v) is 9.11. The molecule has 0 fully saturated rings. The van der Waals surface area contributed by atoms with Crippen LogP contribution in [-0.2, 0) is 0 Å². The quantitative estimate of drug-likeness (QED) is 0.651. The second-order valence-corrected chi connectivity index (χ2v) is 6.72. The van der Waals surface area contributed by atoms with Crippen LogP contribution in [-0.4, -0.2) is 24.8 Å². The van der Waals surface area contributed by atoms with Gasteiger partial charge < -0.3 is 10.1 Å². The third kappa shape index (κ3) is 3.23. The summed E-state index contributed by atoms with van der Waals surface area (Å²) in [7, 11) is 1.49. The third-order valence-corrected chi connectivity index (χ3v) is 4.89. The van der Waals surface area contributed by atoms with E-state index in [9.17, 15) is 14.4 Å². The zero-order valence-corrected chi connectivity index (χ0v) is 16.1. The van der Waals surface area contributed by atoms with Crippen molar-refractivity contribution in [2.75, 3.05) is 17.3 Å². The Hall–Kier alpha value is -3.64. The Bertz CT molecular complexity index is 1120. The van der Waals surface area contributed by atoms with Gasteiger partial charge in [-0.2, -0.15) is 0 Å². The highest BCUT2D eigenvalue weighted by molar-refractivity contribution is 6.40. The Morgan fingerprint density at radius 2 is 1.55 bits per heavy atom. The van der Waals surface area contributed by atoms with E-state index in [1.807, 2.05) is 0 Å². The monoisotopic (exact) mass is 406 g/mol. The predicted molar refractivity (Wildman–Crippen MR) is 110 cm³/mol. The minimum Gasteiger partial charge on any atom is -0.496 e. The second kappa shape index (κ2) is 7.41. The van der Waals surface area contributed by atoms with Crippen molar-refractivity contribution in [1.82, 2.24) is 0 Å². The lowest BCUT2D eigenvalue weighted by Crippen LogP contribution is -2.29. The van der Waals surface area contributed by atoms with Crippen molar-refractivity contribution < 1.29 is 19.1 Å². The standard InChI is InChI=1S/C22H15ClN2O4/c1-29-19-9-5-4-8-16(19)20(26)24-13-10-11-18(17(23)12-13)25-21(27)14-6-2-3-7-15(14)22(25)28/h2-12H,1H3,(H,24,26). The molecule has 1 aliphatic heterocycles. The van der Waals surface area contributed by atoms with Gasteiger partial charge in [-0.25, -0.2) is 4.90 Å². The lowest BCUT2D eigenvalue weighted by Gasteiger charge is -2.17. The molecule has 1 N–H and O–H groups in total. The fourth-order valence-electron chi connectivity index (χ4n) is 3.20. The SMILES string of the molecule is COc1ccccc1C(=O)Nc1ccc(N2C(=O)c3ccccc3C2=O)c(Cl)c1. The second-order valence-electron chi connectivity index (χ2n) is 6.31. The van der Waals surface area contributed by atoms with Gasteiger partial charge in [0.25, 0.3) is 17.7 Å². The van der Waals surface area contributed by atoms with E-state index in [1.54, 1.807) is 54.6 Å². The van der Waals surface area contributed by atoms with Crippen LogP contribution in [0.4, 0.5) is 11.4 Å². The molecule has 0 saturated carbocycles. The van der Waals surface area contributed by atoms with Crippen LogP contribution in [0.3, 0.4) is 0 Å². The lowest BCUT2D eigenvalue weighted by molar-refractivity contribution is 0.0924. The summed E-state index contributed by atoms with van der Waals surface area (Å²) in [5.41, 5.74) is 1.72. The largest absolute Gasteiger partial charge is 0.496 e. The highest BCUT2D eigenvalue weighted by Crippen LogP contribution is 2.35. The fraction of sp³-hybridized carbons (Fsp3) is 0.0455. The van der Waals surface area contributed by atoms with Crippen molar-refractivity contribution >= 4 is 40.7 Å². The average Bonchev–Trinajstić information content (AvgIpc) is 2.99. The summed E-state index contributed by atoms with van der Waals surface area (Å²) in [6.07, 6.45) is 0. The van der Waals surface area contributed by atoms with Crippen molar-refractivity contribution in [3.63, 3.8) is 0 Å². The summed E-state index contributed by atoms with van der Waals surface area (Å²) in [4.78, 5) is 38.9. The molecule has 6 nitrogen and oxygen atoms in total. The number of nitrogens with zero attached hydrogens (tertiary/aromatic N) is 1. The number of rotatable bonds is 4. The van der Waals surface area contributed by atoms with Gasteiger partial charge in [0.1, 0.15) is 5.75 Å². The number of halogens is 1. The van der Waals surface area contributed by atoms with Crippen LogP contribution in [0.1, 0.15) is 31.1 Å². The minimum absolute atomic E-state index is 0.164. The normalized spacial score (nSPS) is 12.7. The molecular formula is C22H15ClN2O4. The molecule has 0 unspecified atom stereocenters. The number of hydrogen-bond acceptors (Lipinski definition) is 4. The molecule has 0 aliphatic carbocycles. The number of hydrogen-bond donors (Lipinski definition) is 1. The van der Waals surface area contributed by atoms with E-state index in [-0.39, 0.29) is 16.6 Å². The minimum atomic E-state index is -0.432. The summed E-state index contributed by atoms with van der Waals surface area (Å²) in [6, 6.07) is 18.0. The zero-order valence-electron chi connectivity index (χ0n) is 15.3. The van der Waals surface area contributed by atoms with Gasteiger partial charge in [-0.05, 0) is 42.5 Å². The molecule has 144 valence electrons. The van der Waals surface area contributed by atoms with Crippen LogP contribution in [0.5, 0.6) is 5.75 Å². The maximum absolute atomic E-state index is 12.6. The van der Waals surface area contributed by atoms with Crippen molar-refractivity contribution in [1.29, 1.82) is 0 Å². The average molecular weight is 407 g/mol. The molecule has 3 amide bonds. The van der Waals surface area contributed by atoms with Crippen LogP contribution < -0.4 is 15.0 Å². The maximum atomic E-state index is 12.6.